The molecule has 0 radical (unpaired) electrons. The lowest BCUT2D eigenvalue weighted by molar-refractivity contribution is -0.151. The molecule has 1 aromatic carbocycles. The second-order valence-corrected chi connectivity index (χ2v) is 17.7. The van der Waals surface area contributed by atoms with Crippen LogP contribution >= 0.6 is 22.6 Å². The third-order valence-electron chi connectivity index (χ3n) is 8.21. The van der Waals surface area contributed by atoms with E-state index in [9.17, 15) is 4.79 Å². The number of hydrogen-bond donors (Lipinski definition) is 0. The van der Waals surface area contributed by atoms with Gasteiger partial charge in [0.15, 0.2) is 14.6 Å². The van der Waals surface area contributed by atoms with Gasteiger partial charge in [0.1, 0.15) is 18.0 Å². The number of ether oxygens (including phenoxy) is 4. The summed E-state index contributed by atoms with van der Waals surface area (Å²) in [5, 5.41) is 0.0276. The van der Waals surface area contributed by atoms with Crippen molar-refractivity contribution in [3.05, 3.63) is 51.6 Å². The van der Waals surface area contributed by atoms with Crippen LogP contribution in [0, 0.1) is 5.92 Å². The van der Waals surface area contributed by atoms with E-state index in [1.165, 1.54) is 0 Å². The smallest absolute Gasteiger partial charge is 0.308 e. The molecule has 2 unspecified atom stereocenters. The van der Waals surface area contributed by atoms with Crippen LogP contribution in [0.15, 0.2) is 46.1 Å². The van der Waals surface area contributed by atoms with Crippen molar-refractivity contribution in [1.82, 2.24) is 0 Å². The van der Waals surface area contributed by atoms with Crippen molar-refractivity contribution in [3.63, 3.8) is 0 Å². The van der Waals surface area contributed by atoms with E-state index in [0.29, 0.717) is 12.8 Å². The standard InChI is InChI=1S/C30H45IO6Si/c1-20-10-15-25-30(6,36-28(34-25)22-11-13-23(33-7)14-12-22)17-16-24(37-38(8,9)29(3,4)5)18-26(32)35-27(20)21(2)19-31/h10-15,19-20,24-25,27-28H,16-18H2,1-9H3/b15-10+,21-19+/t20-,24+,25-,27?,28?,30+/m0/s1. The summed E-state index contributed by atoms with van der Waals surface area (Å²) >= 11 is 2.21. The van der Waals surface area contributed by atoms with Gasteiger partial charge in [-0.15, -0.1) is 0 Å². The first-order valence-corrected chi connectivity index (χ1v) is 17.6. The molecule has 3 rings (SSSR count). The molecule has 1 saturated heterocycles. The molecule has 2 aliphatic rings. The zero-order chi connectivity index (χ0) is 28.3. The molecule has 0 spiro atoms. The summed E-state index contributed by atoms with van der Waals surface area (Å²) in [4.78, 5) is 13.2. The lowest BCUT2D eigenvalue weighted by Crippen LogP contribution is -2.45. The number of rotatable bonds is 5. The lowest BCUT2D eigenvalue weighted by Gasteiger charge is -2.40. The summed E-state index contributed by atoms with van der Waals surface area (Å²) in [7, 11) is -0.468. The fourth-order valence-corrected chi connectivity index (χ4v) is 6.39. The maximum atomic E-state index is 13.2. The van der Waals surface area contributed by atoms with Crippen LogP contribution < -0.4 is 4.74 Å². The van der Waals surface area contributed by atoms with E-state index in [1.807, 2.05) is 35.3 Å². The van der Waals surface area contributed by atoms with Gasteiger partial charge >= 0.3 is 5.97 Å². The van der Waals surface area contributed by atoms with E-state index in [0.717, 1.165) is 16.9 Å². The van der Waals surface area contributed by atoms with E-state index < -0.39 is 20.2 Å². The number of halogens is 1. The van der Waals surface area contributed by atoms with E-state index in [1.54, 1.807) is 7.11 Å². The van der Waals surface area contributed by atoms with Crippen LogP contribution in [0.5, 0.6) is 5.75 Å². The maximum absolute atomic E-state index is 13.2. The second kappa shape index (κ2) is 12.5. The topological polar surface area (TPSA) is 63.2 Å². The van der Waals surface area contributed by atoms with Crippen molar-refractivity contribution < 1.29 is 28.2 Å². The summed E-state index contributed by atoms with van der Waals surface area (Å²) in [6, 6.07) is 7.80. The van der Waals surface area contributed by atoms with Gasteiger partial charge in [0, 0.05) is 11.5 Å². The Morgan fingerprint density at radius 1 is 1.18 bits per heavy atom. The van der Waals surface area contributed by atoms with Crippen LogP contribution in [0.1, 0.15) is 72.7 Å². The summed E-state index contributed by atoms with van der Waals surface area (Å²) in [6.07, 6.45) is 4.39. The Bertz CT molecular complexity index is 1010. The average Bonchev–Trinajstić information content (AvgIpc) is 3.19. The van der Waals surface area contributed by atoms with Crippen molar-refractivity contribution >= 4 is 36.9 Å². The molecule has 2 heterocycles. The first kappa shape index (κ1) is 31.3. The Balaban J connectivity index is 1.96. The Kier molecular flexibility index (Phi) is 10.3. The van der Waals surface area contributed by atoms with E-state index in [2.05, 4.69) is 82.5 Å². The summed E-state index contributed by atoms with van der Waals surface area (Å²) < 4.78 is 33.3. The quantitative estimate of drug-likeness (QED) is 0.139. The predicted molar refractivity (Wildman–Crippen MR) is 162 cm³/mol. The molecular weight excluding hydrogens is 611 g/mol. The molecule has 0 aromatic heterocycles. The van der Waals surface area contributed by atoms with Gasteiger partial charge in [-0.3, -0.25) is 4.79 Å². The fourth-order valence-electron chi connectivity index (χ4n) is 4.65. The second-order valence-electron chi connectivity index (χ2n) is 12.3. The number of methoxy groups -OCH3 is 1. The minimum Gasteiger partial charge on any atom is -0.497 e. The van der Waals surface area contributed by atoms with Gasteiger partial charge in [0.2, 0.25) is 0 Å². The summed E-state index contributed by atoms with van der Waals surface area (Å²) in [5.74, 6) is 0.536. The first-order chi connectivity index (χ1) is 17.7. The molecular formula is C30H45IO6Si. The van der Waals surface area contributed by atoms with Crippen LogP contribution in [0.4, 0.5) is 0 Å². The van der Waals surface area contributed by atoms with Crippen molar-refractivity contribution in [3.8, 4) is 5.75 Å². The molecule has 212 valence electrons. The summed E-state index contributed by atoms with van der Waals surface area (Å²) in [5.41, 5.74) is 1.37. The number of benzene rings is 1. The molecule has 0 saturated carbocycles. The fraction of sp³-hybridized carbons (Fsp3) is 0.633. The van der Waals surface area contributed by atoms with Gasteiger partial charge in [0.25, 0.3) is 0 Å². The van der Waals surface area contributed by atoms with E-state index in [4.69, 9.17) is 23.4 Å². The number of esters is 1. The molecule has 38 heavy (non-hydrogen) atoms. The maximum Gasteiger partial charge on any atom is 0.308 e. The molecule has 1 aromatic rings. The van der Waals surface area contributed by atoms with Crippen LogP contribution in [0.25, 0.3) is 0 Å². The average molecular weight is 657 g/mol. The Hall–Kier alpha value is -1.20. The molecule has 0 amide bonds. The SMILES string of the molecule is COc1ccc(C2O[C@H]3/C=C/[C@H](C)C(/C(C)=C/I)OC(=O)C[C@H](O[Si](C)(C)C(C)(C)C)CC[C@@]3(C)O2)cc1. The zero-order valence-corrected chi connectivity index (χ0v) is 27.5. The predicted octanol–water partition coefficient (Wildman–Crippen LogP) is 7.89. The number of cyclic esters (lactones) is 1. The molecule has 6 nitrogen and oxygen atoms in total. The Morgan fingerprint density at radius 3 is 2.42 bits per heavy atom. The first-order valence-electron chi connectivity index (χ1n) is 13.5. The van der Waals surface area contributed by atoms with Crippen LogP contribution in [-0.4, -0.2) is 45.3 Å². The monoisotopic (exact) mass is 656 g/mol. The minimum absolute atomic E-state index is 0.0276. The van der Waals surface area contributed by atoms with E-state index >= 15 is 0 Å². The van der Waals surface area contributed by atoms with Gasteiger partial charge in [-0.1, -0.05) is 74.6 Å². The Labute approximate surface area is 243 Å². The molecule has 0 N–H and O–H groups in total. The number of fused-ring (bicyclic) bond motifs is 1. The van der Waals surface area contributed by atoms with Crippen molar-refractivity contribution in [2.45, 2.75) is 109 Å². The zero-order valence-electron chi connectivity index (χ0n) is 24.4. The van der Waals surface area contributed by atoms with Crippen LogP contribution in [-0.2, 0) is 23.4 Å². The van der Waals surface area contributed by atoms with Crippen LogP contribution in [0.3, 0.4) is 0 Å². The highest BCUT2D eigenvalue weighted by Crippen LogP contribution is 2.44. The van der Waals surface area contributed by atoms with Crippen molar-refractivity contribution in [1.29, 1.82) is 0 Å². The molecule has 0 aliphatic carbocycles. The van der Waals surface area contributed by atoms with Gasteiger partial charge in [-0.25, -0.2) is 0 Å². The molecule has 1 fully saturated rings. The molecule has 6 atom stereocenters. The summed E-state index contributed by atoms with van der Waals surface area (Å²) in [6.45, 7) is 17.3. The van der Waals surface area contributed by atoms with Gasteiger partial charge in [0.05, 0.1) is 25.2 Å². The van der Waals surface area contributed by atoms with Gasteiger partial charge in [-0.2, -0.15) is 0 Å². The molecule has 8 heteroatoms. The lowest BCUT2D eigenvalue weighted by atomic mass is 9.89. The minimum atomic E-state index is -2.12. The van der Waals surface area contributed by atoms with Crippen molar-refractivity contribution in [2.75, 3.05) is 7.11 Å². The molecule has 0 bridgehead atoms. The normalized spacial score (nSPS) is 32.5. The van der Waals surface area contributed by atoms with E-state index in [-0.39, 0.29) is 41.7 Å². The third kappa shape index (κ3) is 7.50. The third-order valence-corrected chi connectivity index (χ3v) is 13.7. The highest BCUT2D eigenvalue weighted by Gasteiger charge is 2.47. The van der Waals surface area contributed by atoms with Gasteiger partial charge < -0.3 is 23.4 Å². The van der Waals surface area contributed by atoms with Gasteiger partial charge in [-0.05, 0) is 66.6 Å². The highest BCUT2D eigenvalue weighted by molar-refractivity contribution is 14.1. The number of carbonyl (C=O) groups is 1. The number of carbonyl (C=O) groups excluding carboxylic acids is 1. The largest absolute Gasteiger partial charge is 0.497 e. The Morgan fingerprint density at radius 2 is 1.84 bits per heavy atom. The van der Waals surface area contributed by atoms with Crippen LogP contribution in [0.2, 0.25) is 18.1 Å². The molecule has 2 aliphatic heterocycles. The van der Waals surface area contributed by atoms with Crippen molar-refractivity contribution in [2.24, 2.45) is 5.92 Å². The number of hydrogen-bond acceptors (Lipinski definition) is 6. The highest BCUT2D eigenvalue weighted by atomic mass is 127.